The molecule has 112 valence electrons. The molecule has 0 radical (unpaired) electrons. The van der Waals surface area contributed by atoms with E-state index in [9.17, 15) is 8.42 Å². The van der Waals surface area contributed by atoms with E-state index in [1.165, 1.54) is 35.5 Å². The summed E-state index contributed by atoms with van der Waals surface area (Å²) in [5.41, 5.74) is 1.09. The van der Waals surface area contributed by atoms with Crippen molar-refractivity contribution in [2.75, 3.05) is 17.0 Å². The van der Waals surface area contributed by atoms with E-state index in [1.807, 2.05) is 0 Å². The first-order valence-corrected chi connectivity index (χ1v) is 9.82. The minimum atomic E-state index is -3.25. The minimum absolute atomic E-state index is 0.164. The molecule has 0 spiro atoms. The van der Waals surface area contributed by atoms with Crippen molar-refractivity contribution in [1.29, 1.82) is 0 Å². The lowest BCUT2D eigenvalue weighted by Gasteiger charge is -2.06. The second-order valence-corrected chi connectivity index (χ2v) is 8.52. The van der Waals surface area contributed by atoms with Crippen molar-refractivity contribution < 1.29 is 8.42 Å². The van der Waals surface area contributed by atoms with E-state index in [-0.39, 0.29) is 5.75 Å². The van der Waals surface area contributed by atoms with E-state index in [0.29, 0.717) is 17.6 Å². The van der Waals surface area contributed by atoms with E-state index in [4.69, 9.17) is 0 Å². The number of rotatable bonds is 7. The number of aryl methyl sites for hydroxylation is 2. The Kier molecular flexibility index (Phi) is 4.28. The van der Waals surface area contributed by atoms with Crippen molar-refractivity contribution >= 4 is 26.5 Å². The van der Waals surface area contributed by atoms with Crippen molar-refractivity contribution in [2.45, 2.75) is 51.0 Å². The molecule has 0 saturated heterocycles. The second kappa shape index (κ2) is 5.99. The highest BCUT2D eigenvalue weighted by molar-refractivity contribution is 7.92. The number of thiazole rings is 1. The third kappa shape index (κ3) is 3.93. The Morgan fingerprint density at radius 2 is 2.05 bits per heavy atom. The first kappa shape index (κ1) is 14.3. The first-order valence-electron chi connectivity index (χ1n) is 7.35. The van der Waals surface area contributed by atoms with Crippen LogP contribution in [0.2, 0.25) is 0 Å². The van der Waals surface area contributed by atoms with Gasteiger partial charge in [0.25, 0.3) is 0 Å². The van der Waals surface area contributed by atoms with Crippen LogP contribution in [0.5, 0.6) is 0 Å². The summed E-state index contributed by atoms with van der Waals surface area (Å²) in [6.07, 6.45) is 7.49. The molecule has 3 rings (SSSR count). The van der Waals surface area contributed by atoms with Crippen molar-refractivity contribution in [3.05, 3.63) is 10.6 Å². The number of nitrogens with one attached hydrogen (secondary N) is 2. The Balaban J connectivity index is 1.50. The average Bonchev–Trinajstić information content (AvgIpc) is 3.13. The quantitative estimate of drug-likeness (QED) is 0.754. The molecule has 0 unspecified atom stereocenters. The Labute approximate surface area is 124 Å². The summed E-state index contributed by atoms with van der Waals surface area (Å²) in [6, 6.07) is 0.636. The molecule has 7 heteroatoms. The number of anilines is 1. The fraction of sp³-hybridized carbons (Fsp3) is 0.769. The molecule has 0 aliphatic heterocycles. The maximum Gasteiger partial charge on any atom is 0.234 e. The smallest absolute Gasteiger partial charge is 0.234 e. The van der Waals surface area contributed by atoms with E-state index < -0.39 is 10.0 Å². The monoisotopic (exact) mass is 315 g/mol. The maximum absolute atomic E-state index is 12.0. The van der Waals surface area contributed by atoms with Gasteiger partial charge >= 0.3 is 0 Å². The third-order valence-corrected chi connectivity index (χ3v) is 6.22. The summed E-state index contributed by atoms with van der Waals surface area (Å²) in [5.74, 6) is 0.164. The van der Waals surface area contributed by atoms with Gasteiger partial charge in [-0.05, 0) is 51.5 Å². The van der Waals surface area contributed by atoms with Crippen molar-refractivity contribution in [3.63, 3.8) is 0 Å². The fourth-order valence-electron chi connectivity index (χ4n) is 2.44. The largest absolute Gasteiger partial charge is 0.314 e. The summed E-state index contributed by atoms with van der Waals surface area (Å²) in [6.45, 7) is 0.778. The van der Waals surface area contributed by atoms with Crippen LogP contribution in [-0.2, 0) is 22.9 Å². The van der Waals surface area contributed by atoms with Crippen molar-refractivity contribution in [1.82, 2.24) is 10.3 Å². The molecule has 0 amide bonds. The molecule has 1 heterocycles. The van der Waals surface area contributed by atoms with Crippen LogP contribution >= 0.6 is 11.3 Å². The van der Waals surface area contributed by atoms with Gasteiger partial charge in [0.15, 0.2) is 5.13 Å². The summed E-state index contributed by atoms with van der Waals surface area (Å²) < 4.78 is 26.6. The number of hydrogen-bond acceptors (Lipinski definition) is 5. The highest BCUT2D eigenvalue weighted by Crippen LogP contribution is 2.30. The second-order valence-electron chi connectivity index (χ2n) is 5.60. The molecular formula is C13H21N3O2S2. The zero-order valence-corrected chi connectivity index (χ0v) is 13.2. The molecule has 0 atom stereocenters. The lowest BCUT2D eigenvalue weighted by molar-refractivity contribution is 0.593. The summed E-state index contributed by atoms with van der Waals surface area (Å²) in [4.78, 5) is 5.67. The van der Waals surface area contributed by atoms with Crippen LogP contribution in [-0.4, -0.2) is 31.7 Å². The highest BCUT2D eigenvalue weighted by Gasteiger charge is 2.21. The molecule has 1 aromatic heterocycles. The van der Waals surface area contributed by atoms with E-state index in [1.54, 1.807) is 0 Å². The lowest BCUT2D eigenvalue weighted by Crippen LogP contribution is -2.23. The molecular weight excluding hydrogens is 294 g/mol. The van der Waals surface area contributed by atoms with E-state index in [0.717, 1.165) is 31.5 Å². The van der Waals surface area contributed by atoms with Gasteiger partial charge in [-0.2, -0.15) is 0 Å². The van der Waals surface area contributed by atoms with Gasteiger partial charge in [-0.15, -0.1) is 11.3 Å². The Morgan fingerprint density at radius 3 is 2.80 bits per heavy atom. The SMILES string of the molecule is O=S(=O)(CCCNC1CC1)Nc1nc2c(s1)CCCC2. The number of aromatic nitrogens is 1. The summed E-state index contributed by atoms with van der Waals surface area (Å²) in [5, 5.41) is 3.88. The standard InChI is InChI=1S/C13H21N3O2S2/c17-20(18,9-3-8-14-10-6-7-10)16-13-15-11-4-1-2-5-12(11)19-13/h10,14H,1-9H2,(H,15,16). The summed E-state index contributed by atoms with van der Waals surface area (Å²) in [7, 11) is -3.25. The molecule has 5 nitrogen and oxygen atoms in total. The zero-order valence-electron chi connectivity index (χ0n) is 11.5. The molecule has 2 N–H and O–H groups in total. The first-order chi connectivity index (χ1) is 9.62. The maximum atomic E-state index is 12.0. The molecule has 2 aliphatic rings. The van der Waals surface area contributed by atoms with Crippen LogP contribution in [0.25, 0.3) is 0 Å². The average molecular weight is 315 g/mol. The highest BCUT2D eigenvalue weighted by atomic mass is 32.2. The van der Waals surface area contributed by atoms with Crippen molar-refractivity contribution in [2.24, 2.45) is 0 Å². The molecule has 2 aliphatic carbocycles. The number of nitrogens with zero attached hydrogens (tertiary/aromatic N) is 1. The fourth-order valence-corrected chi connectivity index (χ4v) is 4.82. The van der Waals surface area contributed by atoms with Gasteiger partial charge in [-0.1, -0.05) is 0 Å². The minimum Gasteiger partial charge on any atom is -0.314 e. The van der Waals surface area contributed by atoms with Crippen molar-refractivity contribution in [3.8, 4) is 0 Å². The van der Waals surface area contributed by atoms with E-state index in [2.05, 4.69) is 15.0 Å². The van der Waals surface area contributed by atoms with Gasteiger partial charge in [-0.25, -0.2) is 13.4 Å². The Hall–Kier alpha value is -0.660. The normalized spacial score (nSPS) is 18.8. The Bertz CT molecular complexity index is 541. The van der Waals surface area contributed by atoms with Crippen LogP contribution in [0.3, 0.4) is 0 Å². The lowest BCUT2D eigenvalue weighted by atomic mass is 10.0. The van der Waals surface area contributed by atoms with Crippen LogP contribution in [0.15, 0.2) is 0 Å². The predicted octanol–water partition coefficient (Wildman–Crippen LogP) is 1.91. The van der Waals surface area contributed by atoms with Gasteiger partial charge in [-0.3, -0.25) is 4.72 Å². The van der Waals surface area contributed by atoms with Crippen LogP contribution < -0.4 is 10.0 Å². The molecule has 0 aromatic carbocycles. The number of hydrogen-bond donors (Lipinski definition) is 2. The van der Waals surface area contributed by atoms with Gasteiger partial charge in [0.2, 0.25) is 10.0 Å². The Morgan fingerprint density at radius 1 is 1.25 bits per heavy atom. The van der Waals surface area contributed by atoms with Crippen LogP contribution in [0.4, 0.5) is 5.13 Å². The predicted molar refractivity (Wildman–Crippen MR) is 81.8 cm³/mol. The van der Waals surface area contributed by atoms with Crippen LogP contribution in [0, 0.1) is 0 Å². The number of sulfonamides is 1. The van der Waals surface area contributed by atoms with E-state index >= 15 is 0 Å². The summed E-state index contributed by atoms with van der Waals surface area (Å²) >= 11 is 1.50. The van der Waals surface area contributed by atoms with Crippen LogP contribution in [0.1, 0.15) is 42.7 Å². The van der Waals surface area contributed by atoms with Gasteiger partial charge in [0.05, 0.1) is 11.4 Å². The number of fused-ring (bicyclic) bond motifs is 1. The topological polar surface area (TPSA) is 71.1 Å². The molecule has 1 aromatic rings. The third-order valence-electron chi connectivity index (χ3n) is 3.69. The molecule has 20 heavy (non-hydrogen) atoms. The van der Waals surface area contributed by atoms with Gasteiger partial charge < -0.3 is 5.32 Å². The zero-order chi connectivity index (χ0) is 14.0. The molecule has 0 bridgehead atoms. The van der Waals surface area contributed by atoms with Gasteiger partial charge in [0.1, 0.15) is 0 Å². The van der Waals surface area contributed by atoms with Gasteiger partial charge in [0, 0.05) is 10.9 Å². The molecule has 1 saturated carbocycles. The molecule has 1 fully saturated rings.